The zero-order chi connectivity index (χ0) is 25.7. The van der Waals surface area contributed by atoms with Crippen LogP contribution >= 0.6 is 0 Å². The maximum Gasteiger partial charge on any atom is 0.337 e. The van der Waals surface area contributed by atoms with Gasteiger partial charge in [0.15, 0.2) is 0 Å². The first-order valence-electron chi connectivity index (χ1n) is 11.9. The van der Waals surface area contributed by atoms with Gasteiger partial charge in [0.2, 0.25) is 5.91 Å². The molecule has 3 N–H and O–H groups in total. The number of hydrogen-bond acceptors (Lipinski definition) is 5. The number of anilines is 3. The predicted octanol–water partition coefficient (Wildman–Crippen LogP) is 4.01. The molecule has 8 nitrogen and oxygen atoms in total. The van der Waals surface area contributed by atoms with Gasteiger partial charge in [0.1, 0.15) is 0 Å². The number of aryl methyl sites for hydroxylation is 2. The molecule has 36 heavy (non-hydrogen) atoms. The monoisotopic (exact) mass is 486 g/mol. The number of nitrogens with one attached hydrogen (secondary N) is 2. The molecule has 0 atom stereocenters. The Labute approximate surface area is 210 Å². The minimum Gasteiger partial charge on any atom is -0.478 e. The van der Waals surface area contributed by atoms with Gasteiger partial charge in [0.25, 0.3) is 5.91 Å². The summed E-state index contributed by atoms with van der Waals surface area (Å²) in [5.74, 6) is -1.53. The third-order valence-electron chi connectivity index (χ3n) is 6.20. The molecule has 1 fully saturated rings. The maximum absolute atomic E-state index is 12.6. The van der Waals surface area contributed by atoms with Gasteiger partial charge < -0.3 is 20.6 Å². The third kappa shape index (κ3) is 6.28. The average molecular weight is 487 g/mol. The molecule has 3 aromatic carbocycles. The summed E-state index contributed by atoms with van der Waals surface area (Å²) in [6.45, 7) is 6.88. The number of rotatable bonds is 7. The van der Waals surface area contributed by atoms with E-state index in [1.165, 1.54) is 0 Å². The van der Waals surface area contributed by atoms with Crippen molar-refractivity contribution in [2.45, 2.75) is 13.8 Å². The molecule has 1 aliphatic heterocycles. The molecule has 1 saturated heterocycles. The number of piperazine rings is 1. The smallest absolute Gasteiger partial charge is 0.337 e. The molecule has 8 heteroatoms. The molecule has 186 valence electrons. The first kappa shape index (κ1) is 24.9. The number of carboxylic acids is 1. The van der Waals surface area contributed by atoms with Crippen LogP contribution in [0.3, 0.4) is 0 Å². The lowest BCUT2D eigenvalue weighted by atomic mass is 10.1. The summed E-state index contributed by atoms with van der Waals surface area (Å²) in [4.78, 5) is 41.1. The van der Waals surface area contributed by atoms with E-state index < -0.39 is 5.97 Å². The third-order valence-corrected chi connectivity index (χ3v) is 6.20. The second-order valence-electron chi connectivity index (χ2n) is 9.04. The second kappa shape index (κ2) is 11.0. The van der Waals surface area contributed by atoms with Crippen molar-refractivity contribution < 1.29 is 19.5 Å². The summed E-state index contributed by atoms with van der Waals surface area (Å²) in [7, 11) is 0. The van der Waals surface area contributed by atoms with Crippen LogP contribution < -0.4 is 15.5 Å². The van der Waals surface area contributed by atoms with Crippen molar-refractivity contribution in [1.82, 2.24) is 4.90 Å². The van der Waals surface area contributed by atoms with E-state index in [-0.39, 0.29) is 23.1 Å². The standard InChI is InChI=1S/C28H30N4O4/c1-19-6-8-21(9-7-19)27(34)30-25-11-10-23(17-24(25)28(35)36)32-14-12-31(13-15-32)18-26(33)29-22-5-3-4-20(2)16-22/h3-11,16-17H,12-15,18H2,1-2H3,(H,29,33)(H,30,34)(H,35,36). The topological polar surface area (TPSA) is 102 Å². The Bertz CT molecular complexity index is 1260. The Morgan fingerprint density at radius 3 is 2.22 bits per heavy atom. The molecule has 1 aliphatic rings. The van der Waals surface area contributed by atoms with E-state index in [4.69, 9.17) is 0 Å². The molecule has 0 radical (unpaired) electrons. The van der Waals surface area contributed by atoms with E-state index in [0.29, 0.717) is 38.3 Å². The number of hydrogen-bond donors (Lipinski definition) is 3. The van der Waals surface area contributed by atoms with E-state index in [2.05, 4.69) is 20.4 Å². The summed E-state index contributed by atoms with van der Waals surface area (Å²) in [6.07, 6.45) is 0. The van der Waals surface area contributed by atoms with Crippen molar-refractivity contribution in [2.75, 3.05) is 48.3 Å². The first-order chi connectivity index (χ1) is 17.3. The number of benzene rings is 3. The fraction of sp³-hybridized carbons (Fsp3) is 0.250. The summed E-state index contributed by atoms with van der Waals surface area (Å²) in [6, 6.07) is 19.8. The van der Waals surface area contributed by atoms with E-state index in [9.17, 15) is 19.5 Å². The molecule has 1 heterocycles. The number of amides is 2. The second-order valence-corrected chi connectivity index (χ2v) is 9.04. The Hall–Kier alpha value is -4.17. The quantitative estimate of drug-likeness (QED) is 0.466. The zero-order valence-corrected chi connectivity index (χ0v) is 20.5. The van der Waals surface area contributed by atoms with Crippen LogP contribution in [0.25, 0.3) is 0 Å². The SMILES string of the molecule is Cc1ccc(C(=O)Nc2ccc(N3CCN(CC(=O)Nc4cccc(C)c4)CC3)cc2C(=O)O)cc1. The van der Waals surface area contributed by atoms with Gasteiger partial charge in [-0.2, -0.15) is 0 Å². The predicted molar refractivity (Wildman–Crippen MR) is 141 cm³/mol. The summed E-state index contributed by atoms with van der Waals surface area (Å²) in [5.41, 5.74) is 4.43. The Morgan fingerprint density at radius 2 is 1.56 bits per heavy atom. The van der Waals surface area contributed by atoms with Gasteiger partial charge in [-0.15, -0.1) is 0 Å². The number of carbonyl (C=O) groups excluding carboxylic acids is 2. The lowest BCUT2D eigenvalue weighted by Gasteiger charge is -2.36. The Kier molecular flexibility index (Phi) is 7.65. The Balaban J connectivity index is 1.36. The lowest BCUT2D eigenvalue weighted by Crippen LogP contribution is -2.48. The van der Waals surface area contributed by atoms with Crippen LogP contribution in [0.5, 0.6) is 0 Å². The largest absolute Gasteiger partial charge is 0.478 e. The van der Waals surface area contributed by atoms with E-state index in [1.807, 2.05) is 56.3 Å². The molecule has 0 bridgehead atoms. The number of carboxylic acid groups (broad SMARTS) is 1. The molecule has 4 rings (SSSR count). The Morgan fingerprint density at radius 1 is 0.833 bits per heavy atom. The maximum atomic E-state index is 12.6. The van der Waals surface area contributed by atoms with E-state index >= 15 is 0 Å². The zero-order valence-electron chi connectivity index (χ0n) is 20.5. The fourth-order valence-corrected chi connectivity index (χ4v) is 4.20. The molecule has 2 amide bonds. The summed E-state index contributed by atoms with van der Waals surface area (Å²) in [5, 5.41) is 15.4. The van der Waals surface area contributed by atoms with Crippen molar-refractivity contribution >= 4 is 34.8 Å². The molecule has 0 unspecified atom stereocenters. The molecule has 3 aromatic rings. The van der Waals surface area contributed by atoms with Gasteiger partial charge in [-0.05, 0) is 61.9 Å². The van der Waals surface area contributed by atoms with Gasteiger partial charge in [-0.3, -0.25) is 14.5 Å². The lowest BCUT2D eigenvalue weighted by molar-refractivity contribution is -0.117. The van der Waals surface area contributed by atoms with Crippen molar-refractivity contribution in [2.24, 2.45) is 0 Å². The highest BCUT2D eigenvalue weighted by Gasteiger charge is 2.22. The van der Waals surface area contributed by atoms with Gasteiger partial charge in [0, 0.05) is 43.1 Å². The highest BCUT2D eigenvalue weighted by Crippen LogP contribution is 2.25. The van der Waals surface area contributed by atoms with E-state index in [1.54, 1.807) is 24.3 Å². The minimum atomic E-state index is -1.11. The van der Waals surface area contributed by atoms with Crippen LogP contribution in [0.1, 0.15) is 31.8 Å². The minimum absolute atomic E-state index is 0.0351. The van der Waals surface area contributed by atoms with Gasteiger partial charge >= 0.3 is 5.97 Å². The van der Waals surface area contributed by atoms with Gasteiger partial charge in [-0.25, -0.2) is 4.79 Å². The van der Waals surface area contributed by atoms with Gasteiger partial charge in [-0.1, -0.05) is 29.8 Å². The molecule has 0 spiro atoms. The molecule has 0 aromatic heterocycles. The summed E-state index contributed by atoms with van der Waals surface area (Å²) >= 11 is 0. The normalized spacial score (nSPS) is 13.8. The molecule has 0 aliphatic carbocycles. The van der Waals surface area contributed by atoms with Crippen LogP contribution in [-0.2, 0) is 4.79 Å². The molecule has 0 saturated carbocycles. The van der Waals surface area contributed by atoms with Crippen molar-refractivity contribution in [3.63, 3.8) is 0 Å². The van der Waals surface area contributed by atoms with Crippen LogP contribution in [0, 0.1) is 13.8 Å². The van der Waals surface area contributed by atoms with E-state index in [0.717, 1.165) is 22.5 Å². The summed E-state index contributed by atoms with van der Waals surface area (Å²) < 4.78 is 0. The fourth-order valence-electron chi connectivity index (χ4n) is 4.20. The molecular formula is C28H30N4O4. The van der Waals surface area contributed by atoms with Gasteiger partial charge in [0.05, 0.1) is 17.8 Å². The van der Waals surface area contributed by atoms with Crippen molar-refractivity contribution in [3.8, 4) is 0 Å². The van der Waals surface area contributed by atoms with Crippen molar-refractivity contribution in [3.05, 3.63) is 89.0 Å². The van der Waals surface area contributed by atoms with Crippen LogP contribution in [0.4, 0.5) is 17.1 Å². The van der Waals surface area contributed by atoms with Crippen molar-refractivity contribution in [1.29, 1.82) is 0 Å². The van der Waals surface area contributed by atoms with Crippen LogP contribution in [0.2, 0.25) is 0 Å². The van der Waals surface area contributed by atoms with Crippen LogP contribution in [-0.4, -0.2) is 60.5 Å². The van der Waals surface area contributed by atoms with Crippen LogP contribution in [0.15, 0.2) is 66.7 Å². The molecular weight excluding hydrogens is 456 g/mol. The first-order valence-corrected chi connectivity index (χ1v) is 11.9. The number of aromatic carboxylic acids is 1. The highest BCUT2D eigenvalue weighted by molar-refractivity contribution is 6.08. The highest BCUT2D eigenvalue weighted by atomic mass is 16.4. The average Bonchev–Trinajstić information content (AvgIpc) is 2.85. The number of carbonyl (C=O) groups is 3. The number of nitrogens with zero attached hydrogens (tertiary/aromatic N) is 2.